The van der Waals surface area contributed by atoms with Gasteiger partial charge in [-0.3, -0.25) is 14.7 Å². The number of alkyl halides is 1. The molecule has 0 radical (unpaired) electrons. The van der Waals surface area contributed by atoms with Crippen molar-refractivity contribution in [3.63, 3.8) is 0 Å². The molecule has 13 atom stereocenters. The van der Waals surface area contributed by atoms with Crippen LogP contribution in [0.15, 0.2) is 4.99 Å². The summed E-state index contributed by atoms with van der Waals surface area (Å²) >= 11 is 0. The molecule has 0 aromatic rings. The van der Waals surface area contributed by atoms with Crippen LogP contribution in [0.25, 0.3) is 0 Å². The Kier molecular flexibility index (Phi) is 10.7. The van der Waals surface area contributed by atoms with Gasteiger partial charge < -0.3 is 33.7 Å². The summed E-state index contributed by atoms with van der Waals surface area (Å²) in [4.78, 5) is 49.3. The number of aliphatic hydroxyl groups excluding tert-OH is 1. The van der Waals surface area contributed by atoms with Gasteiger partial charge in [0, 0.05) is 37.2 Å². The number of likely N-dealkylation sites (N-methyl/N-ethyl adjacent to an activating group) is 1. The third kappa shape index (κ3) is 6.34. The largest absolute Gasteiger partial charge is 0.455 e. The summed E-state index contributed by atoms with van der Waals surface area (Å²) in [6.45, 7) is 14.1. The van der Waals surface area contributed by atoms with Crippen LogP contribution in [-0.2, 0) is 33.3 Å². The van der Waals surface area contributed by atoms with Crippen LogP contribution in [-0.4, -0.2) is 132 Å². The Labute approximate surface area is 272 Å². The molecule has 0 saturated carbocycles. The van der Waals surface area contributed by atoms with Gasteiger partial charge in [0.05, 0.1) is 30.4 Å². The summed E-state index contributed by atoms with van der Waals surface area (Å²) in [5, 5.41) is 11.3. The van der Waals surface area contributed by atoms with E-state index in [1.807, 2.05) is 39.8 Å². The third-order valence-electron chi connectivity index (χ3n) is 10.9. The maximum Gasteiger partial charge on any atom is 0.410 e. The molecule has 0 unspecified atom stereocenters. The lowest BCUT2D eigenvalue weighted by Gasteiger charge is -2.47. The fraction of sp³-hybridized carbons (Fsp3) is 0.879. The number of hydrogen-bond donors (Lipinski definition) is 1. The van der Waals surface area contributed by atoms with Crippen LogP contribution in [0.4, 0.5) is 9.18 Å². The number of aliphatic hydroxyl groups is 1. The summed E-state index contributed by atoms with van der Waals surface area (Å²) in [7, 11) is 5.19. The van der Waals surface area contributed by atoms with Crippen molar-refractivity contribution >= 4 is 23.6 Å². The molecule has 0 aromatic heterocycles. The highest BCUT2D eigenvalue weighted by atomic mass is 19.1. The summed E-state index contributed by atoms with van der Waals surface area (Å²) < 4.78 is 47.0. The van der Waals surface area contributed by atoms with Crippen LogP contribution in [0.5, 0.6) is 0 Å². The van der Waals surface area contributed by atoms with E-state index in [1.165, 1.54) is 14.0 Å². The number of fused-ring (bicyclic) bond motifs is 1. The molecule has 0 aromatic carbocycles. The topological polar surface area (TPSA) is 136 Å². The number of amides is 1. The number of nitrogens with zero attached hydrogens (tertiary/aromatic N) is 3. The molecule has 12 nitrogen and oxygen atoms in total. The molecule has 4 rings (SSSR count). The first kappa shape index (κ1) is 36.6. The molecule has 46 heavy (non-hydrogen) atoms. The maximum atomic E-state index is 16.6. The van der Waals surface area contributed by atoms with Gasteiger partial charge in [0.15, 0.2) is 17.7 Å². The first-order chi connectivity index (χ1) is 21.3. The normalized spacial score (nSPS) is 45.9. The molecule has 0 spiro atoms. The lowest BCUT2D eigenvalue weighted by Crippen LogP contribution is -2.61. The molecule has 4 heterocycles. The van der Waals surface area contributed by atoms with Gasteiger partial charge in [-0.05, 0) is 67.0 Å². The number of methoxy groups -OCH3 is 1. The van der Waals surface area contributed by atoms with Crippen LogP contribution in [0, 0.1) is 17.8 Å². The van der Waals surface area contributed by atoms with Crippen molar-refractivity contribution in [1.29, 1.82) is 0 Å². The average Bonchev–Trinajstić information content (AvgIpc) is 3.11. The number of ether oxygens (including phenoxy) is 5. The summed E-state index contributed by atoms with van der Waals surface area (Å²) in [5.41, 5.74) is -4.83. The highest BCUT2D eigenvalue weighted by Gasteiger charge is 2.61. The van der Waals surface area contributed by atoms with Crippen LogP contribution < -0.4 is 0 Å². The highest BCUT2D eigenvalue weighted by molar-refractivity contribution is 6.08. The Balaban J connectivity index is 1.84. The van der Waals surface area contributed by atoms with Crippen molar-refractivity contribution in [2.45, 2.75) is 134 Å². The van der Waals surface area contributed by atoms with E-state index in [-0.39, 0.29) is 36.8 Å². The Hall–Kier alpha value is -2.19. The number of halogens is 1. The number of ketones is 1. The molecule has 13 heteroatoms. The third-order valence-corrected chi connectivity index (χ3v) is 10.9. The number of rotatable bonds is 5. The minimum atomic E-state index is -3.08. The fourth-order valence-corrected chi connectivity index (χ4v) is 8.31. The van der Waals surface area contributed by atoms with E-state index in [4.69, 9.17) is 28.7 Å². The number of carbonyl (C=O) groups is 3. The van der Waals surface area contributed by atoms with Crippen molar-refractivity contribution in [3.05, 3.63) is 0 Å². The molecule has 1 amide bonds. The monoisotopic (exact) mass is 655 g/mol. The predicted molar refractivity (Wildman–Crippen MR) is 167 cm³/mol. The molecular weight excluding hydrogens is 601 g/mol. The zero-order valence-corrected chi connectivity index (χ0v) is 29.2. The van der Waals surface area contributed by atoms with Gasteiger partial charge in [-0.25, -0.2) is 14.0 Å². The lowest BCUT2D eigenvalue weighted by molar-refractivity contribution is -0.295. The van der Waals surface area contributed by atoms with Gasteiger partial charge in [0.25, 0.3) is 5.67 Å². The van der Waals surface area contributed by atoms with Crippen LogP contribution in [0.1, 0.15) is 74.7 Å². The molecule has 3 saturated heterocycles. The summed E-state index contributed by atoms with van der Waals surface area (Å²) in [6.07, 6.45) is -4.22. The van der Waals surface area contributed by atoms with Crippen molar-refractivity contribution in [2.75, 3.05) is 34.3 Å². The zero-order chi connectivity index (χ0) is 34.5. The molecule has 4 aliphatic rings. The average molecular weight is 656 g/mol. The van der Waals surface area contributed by atoms with E-state index in [2.05, 4.69) is 0 Å². The number of aliphatic imine (C=N–C) groups is 1. The number of Topliss-reactive ketones (excluding diaryl/α,β-unsaturated/α-hetero) is 1. The second kappa shape index (κ2) is 13.4. The SMILES string of the molecule is CC[C@H]1OC(=O)[C@@](C)(F)C(=O)[C@H](C)[C@@H](O[C@@H]2O[C@H](C)C[C@H](N(C)C)[C@H]2O)[C@](C)(OC)C[C@@H](C)C2=NCCN3C(=O)O[C@@]1(C)[C@@H]3[C@@H]2C. The standard InChI is InChI=1S/C33H54FN3O9/c1-12-22-33(8)25-19(4)23(35-13-14-37(25)30(41)46-33)17(2)16-31(6,42-11)27(20(5)26(39)32(7,34)29(40)44-22)45-28-24(38)21(36(9)10)15-18(3)43-28/h17-22,24-25,27-28,38H,12-16H2,1-11H3/t17-,18-,19-,20+,21+,22-,24-,25+,27-,28+,31-,32+,33-/m1/s1. The van der Waals surface area contributed by atoms with Gasteiger partial charge in [-0.15, -0.1) is 0 Å². The van der Waals surface area contributed by atoms with Gasteiger partial charge in [0.1, 0.15) is 12.2 Å². The molecular formula is C33H54FN3O9. The maximum absolute atomic E-state index is 16.6. The molecule has 4 aliphatic heterocycles. The van der Waals surface area contributed by atoms with Crippen molar-refractivity contribution < 1.29 is 47.6 Å². The first-order valence-electron chi connectivity index (χ1n) is 16.5. The van der Waals surface area contributed by atoms with E-state index in [0.29, 0.717) is 19.5 Å². The van der Waals surface area contributed by atoms with E-state index >= 15 is 4.39 Å². The zero-order valence-electron chi connectivity index (χ0n) is 29.2. The smallest absolute Gasteiger partial charge is 0.410 e. The molecule has 0 aliphatic carbocycles. The van der Waals surface area contributed by atoms with Gasteiger partial charge in [0.2, 0.25) is 0 Å². The quantitative estimate of drug-likeness (QED) is 0.348. The molecule has 3 fully saturated rings. The second-order valence-corrected chi connectivity index (χ2v) is 14.5. The van der Waals surface area contributed by atoms with Gasteiger partial charge >= 0.3 is 12.1 Å². The van der Waals surface area contributed by atoms with Crippen molar-refractivity contribution in [3.8, 4) is 0 Å². The predicted octanol–water partition coefficient (Wildman–Crippen LogP) is 3.17. The Morgan fingerprint density at radius 1 is 1.11 bits per heavy atom. The number of cyclic esters (lactones) is 1. The number of esters is 1. The molecule has 2 bridgehead atoms. The van der Waals surface area contributed by atoms with E-state index in [9.17, 15) is 19.5 Å². The van der Waals surface area contributed by atoms with Crippen molar-refractivity contribution in [2.24, 2.45) is 22.7 Å². The van der Waals surface area contributed by atoms with Gasteiger partial charge in [-0.1, -0.05) is 27.7 Å². The Bertz CT molecular complexity index is 1200. The highest BCUT2D eigenvalue weighted by Crippen LogP contribution is 2.44. The minimum absolute atomic E-state index is 0.212. The molecule has 262 valence electrons. The fourth-order valence-electron chi connectivity index (χ4n) is 8.31. The number of carbonyl (C=O) groups excluding carboxylic acids is 3. The minimum Gasteiger partial charge on any atom is -0.455 e. The number of hydrogen-bond acceptors (Lipinski definition) is 11. The van der Waals surface area contributed by atoms with Crippen LogP contribution >= 0.6 is 0 Å². The summed E-state index contributed by atoms with van der Waals surface area (Å²) in [5.74, 6) is -4.26. The molecule has 1 N–H and O–H groups in total. The van der Waals surface area contributed by atoms with E-state index in [1.54, 1.807) is 25.7 Å². The second-order valence-electron chi connectivity index (χ2n) is 14.5. The Morgan fingerprint density at radius 2 is 1.76 bits per heavy atom. The van der Waals surface area contributed by atoms with Crippen LogP contribution in [0.3, 0.4) is 0 Å². The van der Waals surface area contributed by atoms with E-state index < -0.39 is 71.3 Å². The van der Waals surface area contributed by atoms with Crippen LogP contribution in [0.2, 0.25) is 0 Å². The lowest BCUT2D eigenvalue weighted by atomic mass is 9.73. The Morgan fingerprint density at radius 3 is 2.35 bits per heavy atom. The van der Waals surface area contributed by atoms with Gasteiger partial charge in [-0.2, -0.15) is 0 Å². The first-order valence-corrected chi connectivity index (χ1v) is 16.5. The summed E-state index contributed by atoms with van der Waals surface area (Å²) in [6, 6.07) is -0.867. The van der Waals surface area contributed by atoms with Crippen molar-refractivity contribution in [1.82, 2.24) is 9.80 Å². The van der Waals surface area contributed by atoms with E-state index in [0.717, 1.165) is 12.6 Å².